The number of carbonyl (C=O) groups excluding carboxylic acids is 1. The van der Waals surface area contributed by atoms with Crippen LogP contribution in [0.4, 0.5) is 0 Å². The van der Waals surface area contributed by atoms with Gasteiger partial charge in [0.15, 0.2) is 0 Å². The van der Waals surface area contributed by atoms with Crippen molar-refractivity contribution in [3.63, 3.8) is 0 Å². The summed E-state index contributed by atoms with van der Waals surface area (Å²) in [6.07, 6.45) is 1.03. The van der Waals surface area contributed by atoms with Crippen LogP contribution in [0.1, 0.15) is 26.7 Å². The number of carboxylic acids is 1. The van der Waals surface area contributed by atoms with E-state index in [1.807, 2.05) is 24.3 Å². The minimum absolute atomic E-state index is 0.130. The molecule has 1 rings (SSSR count). The molecule has 0 spiro atoms. The Labute approximate surface area is 134 Å². The molecule has 1 aromatic rings. The quantitative estimate of drug-likeness (QED) is 0.566. The highest BCUT2D eigenvalue weighted by Crippen LogP contribution is 2.21. The second-order valence-electron chi connectivity index (χ2n) is 5.03. The van der Waals surface area contributed by atoms with E-state index in [1.165, 1.54) is 0 Å². The number of benzene rings is 1. The molecule has 0 aliphatic rings. The van der Waals surface area contributed by atoms with Crippen LogP contribution >= 0.6 is 23.4 Å². The van der Waals surface area contributed by atoms with Crippen molar-refractivity contribution in [2.75, 3.05) is 5.75 Å². The lowest BCUT2D eigenvalue weighted by atomic mass is 10.0. The maximum absolute atomic E-state index is 11.7. The van der Waals surface area contributed by atoms with Crippen molar-refractivity contribution in [3.8, 4) is 0 Å². The summed E-state index contributed by atoms with van der Waals surface area (Å²) in [6, 6.07) is 6.72. The molecule has 0 aliphatic heterocycles. The van der Waals surface area contributed by atoms with E-state index in [-0.39, 0.29) is 11.8 Å². The molecular formula is C15H20ClNO3S. The summed E-state index contributed by atoms with van der Waals surface area (Å²) >= 11 is 7.45. The van der Waals surface area contributed by atoms with E-state index in [0.29, 0.717) is 17.9 Å². The maximum Gasteiger partial charge on any atom is 0.326 e. The van der Waals surface area contributed by atoms with Gasteiger partial charge in [-0.15, -0.1) is 11.8 Å². The first kappa shape index (κ1) is 17.9. The van der Waals surface area contributed by atoms with Gasteiger partial charge in [-0.3, -0.25) is 4.79 Å². The van der Waals surface area contributed by atoms with Crippen molar-refractivity contribution in [1.82, 2.24) is 5.32 Å². The zero-order chi connectivity index (χ0) is 15.8. The van der Waals surface area contributed by atoms with Crippen LogP contribution in [0.2, 0.25) is 5.02 Å². The van der Waals surface area contributed by atoms with Crippen LogP contribution in [-0.4, -0.2) is 28.8 Å². The minimum atomic E-state index is -0.992. The number of thioether (sulfide) groups is 1. The van der Waals surface area contributed by atoms with Gasteiger partial charge < -0.3 is 10.4 Å². The number of hydrogen-bond acceptors (Lipinski definition) is 3. The summed E-state index contributed by atoms with van der Waals surface area (Å²) in [6.45, 7) is 3.55. The summed E-state index contributed by atoms with van der Waals surface area (Å²) in [7, 11) is 0. The monoisotopic (exact) mass is 329 g/mol. The number of nitrogens with one attached hydrogen (secondary N) is 1. The van der Waals surface area contributed by atoms with E-state index in [2.05, 4.69) is 5.32 Å². The second-order valence-corrected chi connectivity index (χ2v) is 6.64. The number of rotatable bonds is 8. The van der Waals surface area contributed by atoms with Crippen LogP contribution in [0.5, 0.6) is 0 Å². The summed E-state index contributed by atoms with van der Waals surface area (Å²) in [5.41, 5.74) is 0. The molecule has 2 N–H and O–H groups in total. The third-order valence-electron chi connectivity index (χ3n) is 2.88. The fourth-order valence-corrected chi connectivity index (χ4v) is 2.69. The average Bonchev–Trinajstić information content (AvgIpc) is 2.42. The molecule has 0 radical (unpaired) electrons. The number of aliphatic carboxylic acids is 1. The molecule has 116 valence electrons. The number of carboxylic acid groups (broad SMARTS) is 1. The van der Waals surface area contributed by atoms with Gasteiger partial charge in [-0.05, 0) is 42.4 Å². The molecule has 0 saturated heterocycles. The first-order valence-corrected chi connectivity index (χ1v) is 8.17. The van der Waals surface area contributed by atoms with E-state index < -0.39 is 12.0 Å². The molecule has 21 heavy (non-hydrogen) atoms. The van der Waals surface area contributed by atoms with Crippen molar-refractivity contribution < 1.29 is 14.7 Å². The van der Waals surface area contributed by atoms with Gasteiger partial charge in [-0.1, -0.05) is 25.4 Å². The van der Waals surface area contributed by atoms with Gasteiger partial charge in [-0.2, -0.15) is 0 Å². The Bertz CT molecular complexity index is 476. The standard InChI is InChI=1S/C15H20ClNO3S/c1-10(2)14(15(19)20)17-13(18)4-3-9-21-12-7-5-11(16)6-8-12/h5-8,10,14H,3-4,9H2,1-2H3,(H,17,18)(H,19,20)/t14-/m1/s1. The lowest BCUT2D eigenvalue weighted by Crippen LogP contribution is -2.44. The Morgan fingerprint density at radius 3 is 2.43 bits per heavy atom. The second kappa shape index (κ2) is 8.95. The van der Waals surface area contributed by atoms with Gasteiger partial charge in [-0.25, -0.2) is 4.79 Å². The van der Waals surface area contributed by atoms with Crippen LogP contribution in [-0.2, 0) is 9.59 Å². The zero-order valence-corrected chi connectivity index (χ0v) is 13.7. The van der Waals surface area contributed by atoms with E-state index in [1.54, 1.807) is 25.6 Å². The lowest BCUT2D eigenvalue weighted by Gasteiger charge is -2.17. The fourth-order valence-electron chi connectivity index (χ4n) is 1.71. The Morgan fingerprint density at radius 2 is 1.90 bits per heavy atom. The van der Waals surface area contributed by atoms with Gasteiger partial charge in [0, 0.05) is 16.3 Å². The highest BCUT2D eigenvalue weighted by molar-refractivity contribution is 7.99. The van der Waals surface area contributed by atoms with Crippen molar-refractivity contribution in [2.45, 2.75) is 37.6 Å². The smallest absolute Gasteiger partial charge is 0.326 e. The van der Waals surface area contributed by atoms with Crippen LogP contribution in [0.3, 0.4) is 0 Å². The summed E-state index contributed by atoms with van der Waals surface area (Å²) < 4.78 is 0. The molecule has 0 aromatic heterocycles. The first-order chi connectivity index (χ1) is 9.90. The van der Waals surface area contributed by atoms with E-state index >= 15 is 0 Å². The molecule has 0 saturated carbocycles. The third-order valence-corrected chi connectivity index (χ3v) is 4.23. The summed E-state index contributed by atoms with van der Waals surface area (Å²) in [5.74, 6) is -0.536. The van der Waals surface area contributed by atoms with Gasteiger partial charge in [0.2, 0.25) is 5.91 Å². The minimum Gasteiger partial charge on any atom is -0.480 e. The molecule has 4 nitrogen and oxygen atoms in total. The first-order valence-electron chi connectivity index (χ1n) is 6.80. The Hall–Kier alpha value is -1.20. The molecule has 1 aromatic carbocycles. The van der Waals surface area contributed by atoms with Gasteiger partial charge in [0.1, 0.15) is 6.04 Å². The van der Waals surface area contributed by atoms with Crippen LogP contribution < -0.4 is 5.32 Å². The number of carbonyl (C=O) groups is 2. The molecule has 0 aliphatic carbocycles. The third kappa shape index (κ3) is 6.87. The van der Waals surface area contributed by atoms with Crippen molar-refractivity contribution in [3.05, 3.63) is 29.3 Å². The molecule has 6 heteroatoms. The van der Waals surface area contributed by atoms with E-state index in [0.717, 1.165) is 10.6 Å². The fraction of sp³-hybridized carbons (Fsp3) is 0.467. The molecule has 1 amide bonds. The number of halogens is 1. The summed E-state index contributed by atoms with van der Waals surface area (Å²) in [4.78, 5) is 23.8. The Kier molecular flexibility index (Phi) is 7.61. The van der Waals surface area contributed by atoms with Crippen LogP contribution in [0.25, 0.3) is 0 Å². The highest BCUT2D eigenvalue weighted by Gasteiger charge is 2.22. The summed E-state index contributed by atoms with van der Waals surface area (Å²) in [5, 5.41) is 12.3. The molecule has 0 heterocycles. The number of amides is 1. The molecule has 0 bridgehead atoms. The Balaban J connectivity index is 2.27. The normalized spacial score (nSPS) is 12.2. The zero-order valence-electron chi connectivity index (χ0n) is 12.1. The molecular weight excluding hydrogens is 310 g/mol. The Morgan fingerprint density at radius 1 is 1.29 bits per heavy atom. The van der Waals surface area contributed by atoms with Gasteiger partial charge in [0.25, 0.3) is 0 Å². The maximum atomic E-state index is 11.7. The lowest BCUT2D eigenvalue weighted by molar-refractivity contribution is -0.143. The van der Waals surface area contributed by atoms with Crippen molar-refractivity contribution in [1.29, 1.82) is 0 Å². The van der Waals surface area contributed by atoms with Crippen LogP contribution in [0, 0.1) is 5.92 Å². The predicted molar refractivity (Wildman–Crippen MR) is 85.8 cm³/mol. The van der Waals surface area contributed by atoms with Crippen molar-refractivity contribution in [2.24, 2.45) is 5.92 Å². The molecule has 0 unspecified atom stereocenters. The molecule has 0 fully saturated rings. The van der Waals surface area contributed by atoms with Gasteiger partial charge in [0.05, 0.1) is 0 Å². The highest BCUT2D eigenvalue weighted by atomic mass is 35.5. The van der Waals surface area contributed by atoms with E-state index in [9.17, 15) is 9.59 Å². The topological polar surface area (TPSA) is 66.4 Å². The van der Waals surface area contributed by atoms with E-state index in [4.69, 9.17) is 16.7 Å². The average molecular weight is 330 g/mol. The van der Waals surface area contributed by atoms with Gasteiger partial charge >= 0.3 is 5.97 Å². The predicted octanol–water partition coefficient (Wildman–Crippen LogP) is 3.44. The largest absolute Gasteiger partial charge is 0.480 e. The molecule has 1 atom stereocenters. The SMILES string of the molecule is CC(C)[C@@H](NC(=O)CCCSc1ccc(Cl)cc1)C(=O)O. The van der Waals surface area contributed by atoms with Crippen LogP contribution in [0.15, 0.2) is 29.2 Å². The van der Waals surface area contributed by atoms with Crippen molar-refractivity contribution >= 4 is 35.2 Å². The number of hydrogen-bond donors (Lipinski definition) is 2.